The van der Waals surface area contributed by atoms with Crippen molar-refractivity contribution >= 4 is 40.9 Å². The summed E-state index contributed by atoms with van der Waals surface area (Å²) in [6.07, 6.45) is 2.80. The van der Waals surface area contributed by atoms with Crippen molar-refractivity contribution in [2.45, 2.75) is 25.3 Å². The van der Waals surface area contributed by atoms with Crippen LogP contribution in [-0.2, 0) is 11.2 Å². The molecule has 0 fully saturated rings. The lowest BCUT2D eigenvalue weighted by atomic mass is 9.88. The first-order chi connectivity index (χ1) is 13.0. The maximum Gasteiger partial charge on any atom is 0.262 e. The van der Waals surface area contributed by atoms with Crippen LogP contribution in [0, 0.1) is 0 Å². The zero-order valence-corrected chi connectivity index (χ0v) is 15.8. The summed E-state index contributed by atoms with van der Waals surface area (Å²) in [7, 11) is 0. The molecule has 0 radical (unpaired) electrons. The Kier molecular flexibility index (Phi) is 4.66. The Labute approximate surface area is 166 Å². The predicted octanol–water partition coefficient (Wildman–Crippen LogP) is 3.78. The Bertz CT molecular complexity index is 933. The van der Waals surface area contributed by atoms with Gasteiger partial charge in [0.2, 0.25) is 5.91 Å². The largest absolute Gasteiger partial charge is 0.348 e. The van der Waals surface area contributed by atoms with Gasteiger partial charge < -0.3 is 5.32 Å². The summed E-state index contributed by atoms with van der Waals surface area (Å²) in [6, 6.07) is 10.6. The first-order valence-electron chi connectivity index (χ1n) is 8.68. The molecule has 1 heterocycles. The Morgan fingerprint density at radius 3 is 2.37 bits per heavy atom. The Morgan fingerprint density at radius 2 is 1.70 bits per heavy atom. The molecule has 2 aromatic carbocycles. The van der Waals surface area contributed by atoms with Gasteiger partial charge in [0.1, 0.15) is 6.54 Å². The second-order valence-corrected chi connectivity index (χ2v) is 7.53. The molecule has 7 heteroatoms. The Hall–Kier alpha value is -2.37. The quantitative estimate of drug-likeness (QED) is 0.794. The fourth-order valence-corrected chi connectivity index (χ4v) is 4.04. The monoisotopic (exact) mass is 402 g/mol. The van der Waals surface area contributed by atoms with E-state index in [1.165, 1.54) is 17.7 Å². The molecule has 0 bridgehead atoms. The summed E-state index contributed by atoms with van der Waals surface area (Å²) in [5.41, 5.74) is 2.66. The van der Waals surface area contributed by atoms with Crippen LogP contribution in [0.25, 0.3) is 0 Å². The molecule has 2 aromatic rings. The van der Waals surface area contributed by atoms with E-state index < -0.39 is 11.8 Å². The van der Waals surface area contributed by atoms with Crippen LogP contribution in [0.4, 0.5) is 0 Å². The molecule has 5 nitrogen and oxygen atoms in total. The van der Waals surface area contributed by atoms with E-state index in [2.05, 4.69) is 11.4 Å². The summed E-state index contributed by atoms with van der Waals surface area (Å²) in [5, 5.41) is 3.35. The zero-order chi connectivity index (χ0) is 19.1. The van der Waals surface area contributed by atoms with Gasteiger partial charge in [0.15, 0.2) is 0 Å². The number of hydrogen-bond donors (Lipinski definition) is 1. The molecule has 27 heavy (non-hydrogen) atoms. The predicted molar refractivity (Wildman–Crippen MR) is 102 cm³/mol. The molecule has 0 aromatic heterocycles. The minimum absolute atomic E-state index is 0.110. The van der Waals surface area contributed by atoms with E-state index in [1.807, 2.05) is 18.2 Å². The van der Waals surface area contributed by atoms with E-state index in [-0.39, 0.29) is 39.7 Å². The summed E-state index contributed by atoms with van der Waals surface area (Å²) < 4.78 is 0. The molecule has 0 unspecified atom stereocenters. The molecule has 0 saturated carbocycles. The highest BCUT2D eigenvalue weighted by Gasteiger charge is 2.37. The Balaban J connectivity index is 1.50. The molecule has 1 aliphatic carbocycles. The SMILES string of the molecule is O=C(CN1C(=O)c2cc(Cl)c(Cl)cc2C1=O)N[C@@H]1CCCc2ccccc21. The van der Waals surface area contributed by atoms with Crippen LogP contribution in [0.15, 0.2) is 36.4 Å². The van der Waals surface area contributed by atoms with Gasteiger partial charge in [-0.15, -0.1) is 0 Å². The number of nitrogens with zero attached hydrogens (tertiary/aromatic N) is 1. The number of fused-ring (bicyclic) bond motifs is 2. The van der Waals surface area contributed by atoms with Crippen molar-refractivity contribution < 1.29 is 14.4 Å². The molecule has 4 rings (SSSR count). The third-order valence-corrected chi connectivity index (χ3v) is 5.74. The van der Waals surface area contributed by atoms with Gasteiger partial charge in [0, 0.05) is 0 Å². The summed E-state index contributed by atoms with van der Waals surface area (Å²) in [5.74, 6) is -1.44. The number of halogens is 2. The van der Waals surface area contributed by atoms with Crippen molar-refractivity contribution in [3.05, 3.63) is 68.7 Å². The number of carbonyl (C=O) groups is 3. The number of benzene rings is 2. The average Bonchev–Trinajstić information content (AvgIpc) is 2.87. The normalized spacial score (nSPS) is 18.3. The van der Waals surface area contributed by atoms with E-state index in [4.69, 9.17) is 23.2 Å². The number of aryl methyl sites for hydroxylation is 1. The van der Waals surface area contributed by atoms with E-state index in [1.54, 1.807) is 0 Å². The van der Waals surface area contributed by atoms with Gasteiger partial charge in [-0.05, 0) is 42.5 Å². The van der Waals surface area contributed by atoms with Crippen molar-refractivity contribution in [3.8, 4) is 0 Å². The molecule has 1 atom stereocenters. The van der Waals surface area contributed by atoms with E-state index in [0.29, 0.717) is 0 Å². The number of amides is 3. The molecule has 2 aliphatic rings. The smallest absolute Gasteiger partial charge is 0.262 e. The van der Waals surface area contributed by atoms with E-state index in [9.17, 15) is 14.4 Å². The molecular weight excluding hydrogens is 387 g/mol. The third-order valence-electron chi connectivity index (χ3n) is 5.02. The van der Waals surface area contributed by atoms with Gasteiger partial charge in [0.05, 0.1) is 27.2 Å². The van der Waals surface area contributed by atoms with Crippen molar-refractivity contribution in [2.24, 2.45) is 0 Å². The summed E-state index contributed by atoms with van der Waals surface area (Å²) in [6.45, 7) is -0.333. The highest BCUT2D eigenvalue weighted by atomic mass is 35.5. The molecule has 138 valence electrons. The fraction of sp³-hybridized carbons (Fsp3) is 0.250. The van der Waals surface area contributed by atoms with Gasteiger partial charge in [0.25, 0.3) is 11.8 Å². The number of carbonyl (C=O) groups excluding carboxylic acids is 3. The molecule has 0 saturated heterocycles. The van der Waals surface area contributed by atoms with Crippen molar-refractivity contribution in [1.29, 1.82) is 0 Å². The van der Waals surface area contributed by atoms with Crippen LogP contribution in [0.1, 0.15) is 50.7 Å². The minimum Gasteiger partial charge on any atom is -0.348 e. The van der Waals surface area contributed by atoms with Crippen LogP contribution in [0.2, 0.25) is 10.0 Å². The lowest BCUT2D eigenvalue weighted by Crippen LogP contribution is -2.42. The highest BCUT2D eigenvalue weighted by molar-refractivity contribution is 6.43. The maximum absolute atomic E-state index is 12.5. The molecule has 3 amide bonds. The molecular formula is C20H16Cl2N2O3. The Morgan fingerprint density at radius 1 is 1.07 bits per heavy atom. The summed E-state index contributed by atoms with van der Waals surface area (Å²) in [4.78, 5) is 38.5. The first kappa shape index (κ1) is 18.0. The van der Waals surface area contributed by atoms with Crippen LogP contribution in [0.3, 0.4) is 0 Å². The first-order valence-corrected chi connectivity index (χ1v) is 9.43. The minimum atomic E-state index is -0.534. The zero-order valence-electron chi connectivity index (χ0n) is 14.3. The molecule has 1 aliphatic heterocycles. The fourth-order valence-electron chi connectivity index (χ4n) is 3.71. The molecule has 1 N–H and O–H groups in total. The number of imide groups is 1. The number of rotatable bonds is 3. The van der Waals surface area contributed by atoms with Gasteiger partial charge in [-0.2, -0.15) is 0 Å². The van der Waals surface area contributed by atoms with Crippen LogP contribution < -0.4 is 5.32 Å². The maximum atomic E-state index is 12.5. The topological polar surface area (TPSA) is 66.5 Å². The van der Waals surface area contributed by atoms with Crippen molar-refractivity contribution in [1.82, 2.24) is 10.2 Å². The van der Waals surface area contributed by atoms with Crippen LogP contribution >= 0.6 is 23.2 Å². The lowest BCUT2D eigenvalue weighted by Gasteiger charge is -2.27. The number of nitrogens with one attached hydrogen (secondary N) is 1. The van der Waals surface area contributed by atoms with Gasteiger partial charge in [-0.25, -0.2) is 0 Å². The standard InChI is InChI=1S/C20H16Cl2N2O3/c21-15-8-13-14(9-16(15)22)20(27)24(19(13)26)10-18(25)23-17-7-3-5-11-4-1-2-6-12(11)17/h1-2,4,6,8-9,17H,3,5,7,10H2,(H,23,25)/t17-/m1/s1. The van der Waals surface area contributed by atoms with Gasteiger partial charge >= 0.3 is 0 Å². The summed E-state index contributed by atoms with van der Waals surface area (Å²) >= 11 is 11.9. The number of hydrogen-bond acceptors (Lipinski definition) is 3. The van der Waals surface area contributed by atoms with Crippen molar-refractivity contribution in [3.63, 3.8) is 0 Å². The van der Waals surface area contributed by atoms with Crippen LogP contribution in [-0.4, -0.2) is 29.2 Å². The van der Waals surface area contributed by atoms with E-state index >= 15 is 0 Å². The second-order valence-electron chi connectivity index (χ2n) is 6.72. The van der Waals surface area contributed by atoms with Gasteiger partial charge in [-0.3, -0.25) is 19.3 Å². The van der Waals surface area contributed by atoms with Gasteiger partial charge in [-0.1, -0.05) is 47.5 Å². The third kappa shape index (κ3) is 3.22. The molecule has 0 spiro atoms. The van der Waals surface area contributed by atoms with E-state index in [0.717, 1.165) is 29.7 Å². The van der Waals surface area contributed by atoms with Crippen molar-refractivity contribution in [2.75, 3.05) is 6.54 Å². The van der Waals surface area contributed by atoms with Crippen LogP contribution in [0.5, 0.6) is 0 Å². The lowest BCUT2D eigenvalue weighted by molar-refractivity contribution is -0.122. The highest BCUT2D eigenvalue weighted by Crippen LogP contribution is 2.32. The average molecular weight is 403 g/mol. The second kappa shape index (κ2) is 6.98.